The summed E-state index contributed by atoms with van der Waals surface area (Å²) >= 11 is 0. The van der Waals surface area contributed by atoms with Crippen LogP contribution < -0.4 is 5.73 Å². The molecule has 0 aliphatic heterocycles. The number of nitrogen functional groups attached to an aromatic ring is 1. The summed E-state index contributed by atoms with van der Waals surface area (Å²) in [6.45, 7) is 20.3. The van der Waals surface area contributed by atoms with Gasteiger partial charge < -0.3 is 20.7 Å². The van der Waals surface area contributed by atoms with Crippen LogP contribution in [0, 0.1) is 29.8 Å². The van der Waals surface area contributed by atoms with Crippen LogP contribution in [-0.2, 0) is 0 Å². The zero-order valence-corrected chi connectivity index (χ0v) is 20.0. The van der Waals surface area contributed by atoms with E-state index in [4.69, 9.17) is 25.5 Å². The van der Waals surface area contributed by atoms with Crippen molar-refractivity contribution in [3.8, 4) is 0 Å². The van der Waals surface area contributed by atoms with Gasteiger partial charge in [-0.1, -0.05) is 0 Å². The fraction of sp³-hybridized carbons (Fsp3) is 0. The molecule has 6 aromatic heterocycles. The Kier molecular flexibility index (Phi) is 8.16. The lowest BCUT2D eigenvalue weighted by Gasteiger charge is -1.90. The second kappa shape index (κ2) is 11.6. The third-order valence-electron chi connectivity index (χ3n) is 5.01. The summed E-state index contributed by atoms with van der Waals surface area (Å²) in [5.74, 6) is 0. The summed E-state index contributed by atoms with van der Waals surface area (Å²) in [5, 5.41) is 12.7. The minimum absolute atomic E-state index is 0. The van der Waals surface area contributed by atoms with Gasteiger partial charge in [-0.15, -0.1) is 12.4 Å². The molecule has 0 saturated heterocycles. The quantitative estimate of drug-likeness (QED) is 0.112. The first-order chi connectivity index (χ1) is 17.9. The molecule has 0 fully saturated rings. The summed E-state index contributed by atoms with van der Waals surface area (Å²) in [5.41, 5.74) is 9.55. The number of hydrogen-bond donors (Lipinski definition) is 4. The standard InChI is InChI=1S/C8H4N4O2.C8H6N4.C8H5N3.ClH/c1-9-5-2-6-7(12(13)14)4-11-8(6)10-3-5;1-10-5-2-6-7(9)4-12-8(6)11-3-5;1-9-7-4-6-2-3-10-8(6)11-5-7;/h2-4H,(H,10,11);2-4H,9H2,(H,11,12);2-5H,(H,10,11);1H. The molecular formula is C24H16ClN11O2. The molecule has 0 atom stereocenters. The first-order valence-corrected chi connectivity index (χ1v) is 10.3. The van der Waals surface area contributed by atoms with Crippen molar-refractivity contribution in [2.75, 3.05) is 5.73 Å². The van der Waals surface area contributed by atoms with Crippen molar-refractivity contribution in [3.05, 3.63) is 106 Å². The fourth-order valence-electron chi connectivity index (χ4n) is 3.25. The Labute approximate surface area is 220 Å². The molecule has 0 aliphatic rings. The summed E-state index contributed by atoms with van der Waals surface area (Å²) in [4.78, 5) is 40.2. The molecule has 13 nitrogen and oxygen atoms in total. The molecule has 0 spiro atoms. The number of anilines is 1. The normalized spacial score (nSPS) is 9.61. The van der Waals surface area contributed by atoms with Crippen molar-refractivity contribution < 1.29 is 4.92 Å². The van der Waals surface area contributed by atoms with Crippen LogP contribution in [0.3, 0.4) is 0 Å². The molecule has 0 aliphatic carbocycles. The first-order valence-electron chi connectivity index (χ1n) is 10.3. The molecule has 6 heterocycles. The lowest BCUT2D eigenvalue weighted by molar-refractivity contribution is -0.383. The van der Waals surface area contributed by atoms with E-state index in [1.54, 1.807) is 18.5 Å². The number of H-pyrrole nitrogens is 3. The van der Waals surface area contributed by atoms with Crippen LogP contribution in [0.25, 0.3) is 47.6 Å². The van der Waals surface area contributed by atoms with Gasteiger partial charge in [0.05, 0.1) is 41.9 Å². The number of rotatable bonds is 1. The SMILES string of the molecule is Cl.[C-]#[N+]c1cnc2[nH]cc(N)c2c1.[C-]#[N+]c1cnc2[nH]cc([N+](=O)[O-])c2c1.[C-]#[N+]c1cnc2[nH]ccc2c1. The summed E-state index contributed by atoms with van der Waals surface area (Å²) < 4.78 is 0. The van der Waals surface area contributed by atoms with Crippen molar-refractivity contribution >= 4 is 73.9 Å². The number of nitrogens with one attached hydrogen (secondary N) is 3. The third kappa shape index (κ3) is 5.63. The minimum Gasteiger partial charge on any atom is -0.397 e. The number of nitrogens with zero attached hydrogens (tertiary/aromatic N) is 7. The number of pyridine rings is 3. The van der Waals surface area contributed by atoms with Crippen molar-refractivity contribution in [1.82, 2.24) is 29.9 Å². The van der Waals surface area contributed by atoms with Gasteiger partial charge in [-0.25, -0.2) is 19.5 Å². The lowest BCUT2D eigenvalue weighted by Crippen LogP contribution is -1.84. The van der Waals surface area contributed by atoms with Crippen molar-refractivity contribution in [3.63, 3.8) is 0 Å². The van der Waals surface area contributed by atoms with Gasteiger partial charge in [-0.05, 0) is 24.3 Å². The Balaban J connectivity index is 0.000000157. The highest BCUT2D eigenvalue weighted by Gasteiger charge is 2.14. The molecule has 14 heteroatoms. The van der Waals surface area contributed by atoms with E-state index in [0.717, 1.165) is 22.1 Å². The Bertz CT molecular complexity index is 1880. The number of hydrogen-bond acceptors (Lipinski definition) is 6. The van der Waals surface area contributed by atoms with E-state index in [0.29, 0.717) is 33.8 Å². The van der Waals surface area contributed by atoms with Crippen molar-refractivity contribution in [2.45, 2.75) is 0 Å². The fourth-order valence-corrected chi connectivity index (χ4v) is 3.25. The Morgan fingerprint density at radius 1 is 0.789 bits per heavy atom. The molecule has 5 N–H and O–H groups in total. The molecule has 0 unspecified atom stereocenters. The van der Waals surface area contributed by atoms with Gasteiger partial charge in [0.2, 0.25) is 17.1 Å². The van der Waals surface area contributed by atoms with E-state index in [9.17, 15) is 10.1 Å². The lowest BCUT2D eigenvalue weighted by atomic mass is 10.3. The Hall–Kier alpha value is -5.97. The molecule has 186 valence electrons. The van der Waals surface area contributed by atoms with E-state index >= 15 is 0 Å². The minimum atomic E-state index is -0.506. The summed E-state index contributed by atoms with van der Waals surface area (Å²) in [7, 11) is 0. The first kappa shape index (κ1) is 26.6. The number of halogens is 1. The van der Waals surface area contributed by atoms with Gasteiger partial charge in [-0.2, -0.15) is 0 Å². The van der Waals surface area contributed by atoms with E-state index < -0.39 is 4.92 Å². The molecule has 0 amide bonds. The van der Waals surface area contributed by atoms with E-state index in [2.05, 4.69) is 44.4 Å². The number of nitrogens with two attached hydrogens (primary N) is 1. The maximum Gasteiger partial charge on any atom is 0.294 e. The van der Waals surface area contributed by atoms with Crippen LogP contribution in [0.4, 0.5) is 28.4 Å². The van der Waals surface area contributed by atoms with Crippen LogP contribution in [0.5, 0.6) is 0 Å². The molecule has 6 rings (SSSR count). The summed E-state index contributed by atoms with van der Waals surface area (Å²) in [6.07, 6.45) is 9.20. The van der Waals surface area contributed by atoms with E-state index in [1.165, 1.54) is 24.7 Å². The highest BCUT2D eigenvalue weighted by molar-refractivity contribution is 5.91. The van der Waals surface area contributed by atoms with E-state index in [1.807, 2.05) is 18.3 Å². The molecule has 0 radical (unpaired) electrons. The molecule has 0 saturated carbocycles. The molecule has 0 bridgehead atoms. The largest absolute Gasteiger partial charge is 0.397 e. The Morgan fingerprint density at radius 2 is 1.32 bits per heavy atom. The van der Waals surface area contributed by atoms with Crippen LogP contribution in [0.2, 0.25) is 0 Å². The van der Waals surface area contributed by atoms with Gasteiger partial charge in [-0.3, -0.25) is 20.1 Å². The van der Waals surface area contributed by atoms with Crippen LogP contribution in [0.1, 0.15) is 0 Å². The van der Waals surface area contributed by atoms with Crippen LogP contribution >= 0.6 is 12.4 Å². The monoisotopic (exact) mass is 525 g/mol. The van der Waals surface area contributed by atoms with E-state index in [-0.39, 0.29) is 18.1 Å². The molecule has 6 aromatic rings. The third-order valence-corrected chi connectivity index (χ3v) is 5.01. The van der Waals surface area contributed by atoms with Gasteiger partial charge in [0, 0.05) is 41.8 Å². The van der Waals surface area contributed by atoms with Gasteiger partial charge in [0.25, 0.3) is 5.69 Å². The molecule has 38 heavy (non-hydrogen) atoms. The zero-order valence-electron chi connectivity index (χ0n) is 19.2. The highest BCUT2D eigenvalue weighted by Crippen LogP contribution is 2.27. The second-order valence-corrected chi connectivity index (χ2v) is 7.30. The van der Waals surface area contributed by atoms with Gasteiger partial charge in [0.1, 0.15) is 16.9 Å². The zero-order chi connectivity index (χ0) is 26.4. The maximum absolute atomic E-state index is 10.6. The molecule has 0 aromatic carbocycles. The van der Waals surface area contributed by atoms with Crippen LogP contribution in [-0.4, -0.2) is 34.8 Å². The van der Waals surface area contributed by atoms with Crippen molar-refractivity contribution in [2.24, 2.45) is 0 Å². The number of aromatic nitrogens is 6. The average molecular weight is 526 g/mol. The van der Waals surface area contributed by atoms with Gasteiger partial charge in [0.15, 0.2) is 0 Å². The predicted molar refractivity (Wildman–Crippen MR) is 145 cm³/mol. The number of aromatic amines is 3. The summed E-state index contributed by atoms with van der Waals surface area (Å²) in [6, 6.07) is 6.88. The van der Waals surface area contributed by atoms with Gasteiger partial charge >= 0.3 is 0 Å². The topological polar surface area (TPSA) is 168 Å². The second-order valence-electron chi connectivity index (χ2n) is 7.30. The average Bonchev–Trinajstić information content (AvgIpc) is 3.66. The predicted octanol–water partition coefficient (Wildman–Crippen LogP) is 6.25. The highest BCUT2D eigenvalue weighted by atomic mass is 35.5. The Morgan fingerprint density at radius 3 is 1.92 bits per heavy atom. The van der Waals surface area contributed by atoms with Crippen LogP contribution in [0.15, 0.2) is 61.4 Å². The smallest absolute Gasteiger partial charge is 0.294 e. The molecular weight excluding hydrogens is 510 g/mol. The number of nitro groups is 1. The van der Waals surface area contributed by atoms with Crippen molar-refractivity contribution in [1.29, 1.82) is 0 Å². The maximum atomic E-state index is 10.6. The number of fused-ring (bicyclic) bond motifs is 3.